The molecule has 0 aromatic heterocycles. The summed E-state index contributed by atoms with van der Waals surface area (Å²) in [6.07, 6.45) is 2.98. The second-order valence-corrected chi connectivity index (χ2v) is 7.18. The number of nitrogens with one attached hydrogen (secondary N) is 2. The summed E-state index contributed by atoms with van der Waals surface area (Å²) < 4.78 is 10.5. The van der Waals surface area contributed by atoms with Gasteiger partial charge < -0.3 is 25.0 Å². The molecule has 0 bridgehead atoms. The van der Waals surface area contributed by atoms with Crippen LogP contribution in [0.25, 0.3) is 0 Å². The van der Waals surface area contributed by atoms with E-state index in [1.54, 1.807) is 25.3 Å². The number of hydrogen-bond donors (Lipinski definition) is 2. The fraction of sp³-hybridized carbons (Fsp3) is 0.391. The van der Waals surface area contributed by atoms with E-state index in [1.165, 1.54) is 0 Å². The zero-order chi connectivity index (χ0) is 21.2. The molecule has 7 nitrogen and oxygen atoms in total. The fourth-order valence-corrected chi connectivity index (χ4v) is 3.41. The monoisotopic (exact) mass is 411 g/mol. The van der Waals surface area contributed by atoms with Crippen molar-refractivity contribution < 1.29 is 19.1 Å². The van der Waals surface area contributed by atoms with Crippen LogP contribution in [0, 0.1) is 0 Å². The highest BCUT2D eigenvalue weighted by Crippen LogP contribution is 2.27. The molecule has 0 atom stereocenters. The third-order valence-corrected chi connectivity index (χ3v) is 4.90. The van der Waals surface area contributed by atoms with Gasteiger partial charge >= 0.3 is 0 Å². The molecule has 1 fully saturated rings. The molecule has 0 saturated carbocycles. The van der Waals surface area contributed by atoms with Crippen molar-refractivity contribution in [2.24, 2.45) is 0 Å². The number of carbonyl (C=O) groups excluding carboxylic acids is 2. The molecule has 1 aliphatic rings. The first-order valence-corrected chi connectivity index (χ1v) is 10.3. The Morgan fingerprint density at radius 3 is 2.57 bits per heavy atom. The average Bonchev–Trinajstić information content (AvgIpc) is 3.30. The summed E-state index contributed by atoms with van der Waals surface area (Å²) in [6, 6.07) is 14.6. The van der Waals surface area contributed by atoms with Crippen LogP contribution in [0.3, 0.4) is 0 Å². The summed E-state index contributed by atoms with van der Waals surface area (Å²) >= 11 is 0. The second-order valence-electron chi connectivity index (χ2n) is 7.18. The Balaban J connectivity index is 1.67. The van der Waals surface area contributed by atoms with E-state index in [1.807, 2.05) is 30.3 Å². The van der Waals surface area contributed by atoms with Crippen LogP contribution in [0.15, 0.2) is 48.5 Å². The highest BCUT2D eigenvalue weighted by atomic mass is 16.5. The minimum Gasteiger partial charge on any atom is -0.484 e. The van der Waals surface area contributed by atoms with Crippen LogP contribution in [0.1, 0.15) is 29.6 Å². The van der Waals surface area contributed by atoms with E-state index in [0.717, 1.165) is 38.0 Å². The van der Waals surface area contributed by atoms with Gasteiger partial charge in [-0.15, -0.1) is 0 Å². The average molecular weight is 412 g/mol. The van der Waals surface area contributed by atoms with Crippen molar-refractivity contribution in [2.45, 2.75) is 19.3 Å². The van der Waals surface area contributed by atoms with Crippen LogP contribution in [0.2, 0.25) is 0 Å². The van der Waals surface area contributed by atoms with Crippen molar-refractivity contribution in [1.29, 1.82) is 0 Å². The van der Waals surface area contributed by atoms with Gasteiger partial charge in [0.05, 0.1) is 5.56 Å². The Hall–Kier alpha value is -3.06. The summed E-state index contributed by atoms with van der Waals surface area (Å²) in [5.74, 6) is 0.206. The number of amides is 2. The van der Waals surface area contributed by atoms with Crippen LogP contribution in [0.4, 0.5) is 11.4 Å². The van der Waals surface area contributed by atoms with Crippen LogP contribution >= 0.6 is 0 Å². The van der Waals surface area contributed by atoms with Crippen LogP contribution in [0.5, 0.6) is 5.75 Å². The van der Waals surface area contributed by atoms with E-state index in [2.05, 4.69) is 15.5 Å². The number of carbonyl (C=O) groups is 2. The maximum absolute atomic E-state index is 12.8. The first-order valence-electron chi connectivity index (χ1n) is 10.3. The van der Waals surface area contributed by atoms with E-state index >= 15 is 0 Å². The van der Waals surface area contributed by atoms with E-state index in [-0.39, 0.29) is 18.4 Å². The number of rotatable bonds is 10. The summed E-state index contributed by atoms with van der Waals surface area (Å²) in [5.41, 5.74) is 2.04. The standard InChI is InChI=1S/C23H29N3O4/c1-29-15-7-12-24-23(28)20-16-18(10-11-21(20)26-13-5-6-14-26)25-22(27)17-30-19-8-3-2-4-9-19/h2-4,8-11,16H,5-7,12-15,17H2,1H3,(H,24,28)(H,25,27). The molecular formula is C23H29N3O4. The van der Waals surface area contributed by atoms with Gasteiger partial charge in [-0.2, -0.15) is 0 Å². The van der Waals surface area contributed by atoms with Crippen LogP contribution in [-0.2, 0) is 9.53 Å². The van der Waals surface area contributed by atoms with Crippen LogP contribution < -0.4 is 20.3 Å². The Bertz CT molecular complexity index is 836. The third kappa shape index (κ3) is 6.22. The molecule has 1 aliphatic heterocycles. The van der Waals surface area contributed by atoms with Crippen molar-refractivity contribution in [1.82, 2.24) is 5.32 Å². The number of methoxy groups -OCH3 is 1. The molecule has 1 heterocycles. The SMILES string of the molecule is COCCCNC(=O)c1cc(NC(=O)COc2ccccc2)ccc1N1CCCC1. The molecular weight excluding hydrogens is 382 g/mol. The van der Waals surface area contributed by atoms with E-state index in [0.29, 0.717) is 30.2 Å². The van der Waals surface area contributed by atoms with Crippen molar-refractivity contribution in [2.75, 3.05) is 50.2 Å². The highest BCUT2D eigenvalue weighted by molar-refractivity contribution is 6.02. The maximum Gasteiger partial charge on any atom is 0.262 e. The number of anilines is 2. The number of benzene rings is 2. The number of hydrogen-bond acceptors (Lipinski definition) is 5. The van der Waals surface area contributed by atoms with E-state index in [9.17, 15) is 9.59 Å². The van der Waals surface area contributed by atoms with Gasteiger partial charge in [0.1, 0.15) is 5.75 Å². The van der Waals surface area contributed by atoms with Crippen molar-refractivity contribution in [3.05, 3.63) is 54.1 Å². The Morgan fingerprint density at radius 1 is 1.07 bits per heavy atom. The lowest BCUT2D eigenvalue weighted by Crippen LogP contribution is -2.29. The predicted octanol–water partition coefficient (Wildman–Crippen LogP) is 3.07. The molecule has 0 radical (unpaired) electrons. The Labute approximate surface area is 177 Å². The van der Waals surface area contributed by atoms with Crippen molar-refractivity contribution in [3.8, 4) is 5.75 Å². The van der Waals surface area contributed by atoms with Gasteiger partial charge in [-0.1, -0.05) is 18.2 Å². The number of nitrogens with zero attached hydrogens (tertiary/aromatic N) is 1. The van der Waals surface area contributed by atoms with Gasteiger partial charge in [0, 0.05) is 44.7 Å². The maximum atomic E-state index is 12.8. The second kappa shape index (κ2) is 11.2. The molecule has 160 valence electrons. The topological polar surface area (TPSA) is 79.9 Å². The lowest BCUT2D eigenvalue weighted by Gasteiger charge is -2.22. The van der Waals surface area contributed by atoms with Gasteiger partial charge in [0.25, 0.3) is 11.8 Å². The Morgan fingerprint density at radius 2 is 1.83 bits per heavy atom. The minimum absolute atomic E-state index is 0.101. The molecule has 2 amide bonds. The van der Waals surface area contributed by atoms with Gasteiger partial charge in [-0.25, -0.2) is 0 Å². The summed E-state index contributed by atoms with van der Waals surface area (Å²) in [4.78, 5) is 27.3. The molecule has 7 heteroatoms. The fourth-order valence-electron chi connectivity index (χ4n) is 3.41. The molecule has 0 aliphatic carbocycles. The lowest BCUT2D eigenvalue weighted by molar-refractivity contribution is -0.118. The van der Waals surface area contributed by atoms with Gasteiger partial charge in [0.15, 0.2) is 6.61 Å². The van der Waals surface area contributed by atoms with E-state index < -0.39 is 0 Å². The Kier molecular flexibility index (Phi) is 8.09. The van der Waals surface area contributed by atoms with Crippen LogP contribution in [-0.4, -0.2) is 51.8 Å². The first-order chi connectivity index (χ1) is 14.7. The summed E-state index contributed by atoms with van der Waals surface area (Å²) in [6.45, 7) is 2.89. The number of ether oxygens (including phenoxy) is 2. The van der Waals surface area contributed by atoms with Gasteiger partial charge in [-0.05, 0) is 49.6 Å². The first kappa shape index (κ1) is 21.6. The van der Waals surface area contributed by atoms with Gasteiger partial charge in [-0.3, -0.25) is 9.59 Å². The molecule has 1 saturated heterocycles. The zero-order valence-corrected chi connectivity index (χ0v) is 17.4. The number of para-hydroxylation sites is 1. The molecule has 2 aromatic rings. The third-order valence-electron chi connectivity index (χ3n) is 4.90. The molecule has 2 aromatic carbocycles. The molecule has 0 spiro atoms. The predicted molar refractivity (Wildman–Crippen MR) is 117 cm³/mol. The summed E-state index contributed by atoms with van der Waals surface area (Å²) in [5, 5.41) is 5.76. The molecule has 0 unspecified atom stereocenters. The largest absolute Gasteiger partial charge is 0.484 e. The van der Waals surface area contributed by atoms with E-state index in [4.69, 9.17) is 9.47 Å². The molecule has 2 N–H and O–H groups in total. The minimum atomic E-state index is -0.278. The quantitative estimate of drug-likeness (QED) is 0.588. The molecule has 3 rings (SSSR count). The zero-order valence-electron chi connectivity index (χ0n) is 17.4. The summed E-state index contributed by atoms with van der Waals surface area (Å²) in [7, 11) is 1.64. The normalized spacial score (nSPS) is 13.2. The lowest BCUT2D eigenvalue weighted by atomic mass is 10.1. The van der Waals surface area contributed by atoms with Gasteiger partial charge in [0.2, 0.25) is 0 Å². The highest BCUT2D eigenvalue weighted by Gasteiger charge is 2.20. The molecule has 30 heavy (non-hydrogen) atoms. The van der Waals surface area contributed by atoms with Crippen molar-refractivity contribution in [3.63, 3.8) is 0 Å². The van der Waals surface area contributed by atoms with Crippen molar-refractivity contribution >= 4 is 23.2 Å². The smallest absolute Gasteiger partial charge is 0.262 e.